The van der Waals surface area contributed by atoms with E-state index < -0.39 is 54.9 Å². The quantitative estimate of drug-likeness (QED) is 0.593. The molecule has 0 radical (unpaired) electrons. The molecular formula is C21H18F6N4O2S. The summed E-state index contributed by atoms with van der Waals surface area (Å²) in [5, 5.41) is 2.57. The summed E-state index contributed by atoms with van der Waals surface area (Å²) in [5.41, 5.74) is 3.87. The second-order valence-corrected chi connectivity index (χ2v) is 8.93. The molecular weight excluding hydrogens is 486 g/mol. The second kappa shape index (κ2) is 9.10. The van der Waals surface area contributed by atoms with Crippen molar-refractivity contribution in [3.05, 3.63) is 59.2 Å². The molecule has 1 amide bonds. The van der Waals surface area contributed by atoms with Crippen LogP contribution in [0.1, 0.15) is 34.5 Å². The van der Waals surface area contributed by atoms with Gasteiger partial charge < -0.3 is 15.8 Å². The average molecular weight is 504 g/mol. The second-order valence-electron chi connectivity index (χ2n) is 7.89. The zero-order chi connectivity index (χ0) is 24.7. The zero-order valence-corrected chi connectivity index (χ0v) is 18.1. The highest BCUT2D eigenvalue weighted by Crippen LogP contribution is 2.49. The minimum Gasteiger partial charge on any atom is -0.379 e. The molecule has 6 nitrogen and oxygen atoms in total. The van der Waals surface area contributed by atoms with Crippen LogP contribution in [0.25, 0.3) is 0 Å². The van der Waals surface area contributed by atoms with Gasteiger partial charge >= 0.3 is 6.18 Å². The molecule has 2 aliphatic heterocycles. The fourth-order valence-corrected chi connectivity index (χ4v) is 5.01. The molecule has 3 N–H and O–H groups in total. The first kappa shape index (κ1) is 24.3. The van der Waals surface area contributed by atoms with Gasteiger partial charge in [0.15, 0.2) is 11.3 Å². The van der Waals surface area contributed by atoms with Crippen LogP contribution >= 0.6 is 11.8 Å². The Morgan fingerprint density at radius 3 is 2.68 bits per heavy atom. The van der Waals surface area contributed by atoms with Crippen LogP contribution in [0.3, 0.4) is 0 Å². The maximum absolute atomic E-state index is 15.0. The number of amidine groups is 1. The number of nitrogens with zero attached hydrogens (tertiary/aromatic N) is 2. The van der Waals surface area contributed by atoms with Crippen molar-refractivity contribution in [2.75, 3.05) is 17.7 Å². The number of pyridine rings is 1. The molecule has 0 unspecified atom stereocenters. The minimum absolute atomic E-state index is 0.0693. The minimum atomic E-state index is -4.58. The third kappa shape index (κ3) is 4.71. The number of thioether (sulfide) groups is 1. The molecule has 0 spiro atoms. The van der Waals surface area contributed by atoms with E-state index in [0.717, 1.165) is 36.2 Å². The van der Waals surface area contributed by atoms with Gasteiger partial charge in [0, 0.05) is 34.7 Å². The summed E-state index contributed by atoms with van der Waals surface area (Å²) in [6.07, 6.45) is -8.89. The van der Waals surface area contributed by atoms with Crippen molar-refractivity contribution in [3.8, 4) is 0 Å². The van der Waals surface area contributed by atoms with Crippen LogP contribution in [0.4, 0.5) is 32.0 Å². The zero-order valence-electron chi connectivity index (χ0n) is 17.3. The number of carbonyl (C=O) groups excluding carboxylic acids is 1. The van der Waals surface area contributed by atoms with E-state index in [1.54, 1.807) is 0 Å². The lowest BCUT2D eigenvalue weighted by atomic mass is 9.74. The molecule has 4 rings (SSSR count). The van der Waals surface area contributed by atoms with E-state index in [4.69, 9.17) is 10.5 Å². The Morgan fingerprint density at radius 1 is 1.26 bits per heavy atom. The fourth-order valence-electron chi connectivity index (χ4n) is 4.00. The number of hydrogen-bond donors (Lipinski definition) is 2. The maximum Gasteiger partial charge on any atom is 0.414 e. The van der Waals surface area contributed by atoms with Crippen LogP contribution in [0.5, 0.6) is 0 Å². The fraction of sp³-hybridized carbons (Fsp3) is 0.381. The molecule has 34 heavy (non-hydrogen) atoms. The summed E-state index contributed by atoms with van der Waals surface area (Å²) >= 11 is 1.08. The average Bonchev–Trinajstić information content (AvgIpc) is 2.79. The summed E-state index contributed by atoms with van der Waals surface area (Å²) < 4.78 is 85.2. The lowest BCUT2D eigenvalue weighted by Crippen LogP contribution is -2.53. The Balaban J connectivity index is 1.64. The lowest BCUT2D eigenvalue weighted by molar-refractivity contribution is -0.245. The van der Waals surface area contributed by atoms with E-state index in [9.17, 15) is 31.1 Å². The van der Waals surface area contributed by atoms with Gasteiger partial charge in [-0.2, -0.15) is 13.2 Å². The van der Waals surface area contributed by atoms with Crippen molar-refractivity contribution < 1.29 is 35.9 Å². The molecule has 182 valence electrons. The number of fused-ring (bicyclic) bond motifs is 1. The Hall–Kier alpha value is -2.80. The van der Waals surface area contributed by atoms with Gasteiger partial charge in [0.05, 0.1) is 6.61 Å². The molecule has 0 saturated carbocycles. The Labute approximate surface area is 194 Å². The van der Waals surface area contributed by atoms with Crippen molar-refractivity contribution in [1.82, 2.24) is 4.98 Å². The van der Waals surface area contributed by atoms with Crippen LogP contribution in [0, 0.1) is 11.7 Å². The number of amides is 1. The number of ether oxygens (including phenoxy) is 1. The van der Waals surface area contributed by atoms with Crippen molar-refractivity contribution in [2.24, 2.45) is 16.6 Å². The van der Waals surface area contributed by atoms with Crippen LogP contribution < -0.4 is 11.1 Å². The molecule has 2 aromatic rings. The number of halogens is 6. The van der Waals surface area contributed by atoms with Gasteiger partial charge in [-0.25, -0.2) is 18.2 Å². The maximum atomic E-state index is 15.0. The van der Waals surface area contributed by atoms with Crippen LogP contribution in [0.15, 0.2) is 41.5 Å². The number of aromatic nitrogens is 1. The van der Waals surface area contributed by atoms with Crippen LogP contribution in [-0.2, 0) is 10.3 Å². The number of nitrogens with two attached hydrogens (primary N) is 1. The van der Waals surface area contributed by atoms with Crippen LogP contribution in [0.2, 0.25) is 0 Å². The molecule has 0 bridgehead atoms. The number of benzene rings is 1. The van der Waals surface area contributed by atoms with Gasteiger partial charge in [0.25, 0.3) is 12.3 Å². The largest absolute Gasteiger partial charge is 0.414 e. The highest BCUT2D eigenvalue weighted by Gasteiger charge is 2.55. The molecule has 13 heteroatoms. The van der Waals surface area contributed by atoms with Crippen molar-refractivity contribution in [1.29, 1.82) is 0 Å². The van der Waals surface area contributed by atoms with Gasteiger partial charge in [-0.15, -0.1) is 0 Å². The summed E-state index contributed by atoms with van der Waals surface area (Å²) in [5.74, 6) is -2.04. The number of aliphatic imine (C=N–C) groups is 1. The first-order valence-electron chi connectivity index (χ1n) is 10.0. The lowest BCUT2D eigenvalue weighted by Gasteiger charge is -2.46. The van der Waals surface area contributed by atoms with Gasteiger partial charge in [0.2, 0.25) is 0 Å². The number of carbonyl (C=O) groups is 1. The summed E-state index contributed by atoms with van der Waals surface area (Å²) in [4.78, 5) is 20.5. The predicted octanol–water partition coefficient (Wildman–Crippen LogP) is 4.63. The third-order valence-corrected chi connectivity index (χ3v) is 6.70. The molecule has 2 aliphatic rings. The van der Waals surface area contributed by atoms with Crippen molar-refractivity contribution >= 4 is 28.5 Å². The first-order chi connectivity index (χ1) is 16.0. The van der Waals surface area contributed by atoms with E-state index in [2.05, 4.69) is 15.3 Å². The van der Waals surface area contributed by atoms with E-state index in [1.807, 2.05) is 0 Å². The molecule has 1 aromatic heterocycles. The Bertz CT molecular complexity index is 1110. The highest BCUT2D eigenvalue weighted by atomic mass is 32.2. The van der Waals surface area contributed by atoms with E-state index in [1.165, 1.54) is 12.1 Å². The molecule has 0 aliphatic carbocycles. The van der Waals surface area contributed by atoms with E-state index in [-0.39, 0.29) is 33.4 Å². The number of alkyl halides is 5. The van der Waals surface area contributed by atoms with E-state index >= 15 is 0 Å². The molecule has 1 saturated heterocycles. The molecule has 1 aromatic carbocycles. The molecule has 3 heterocycles. The Kier molecular flexibility index (Phi) is 6.51. The molecule has 1 fully saturated rings. The van der Waals surface area contributed by atoms with Gasteiger partial charge in [-0.3, -0.25) is 9.78 Å². The number of rotatable bonds is 4. The summed E-state index contributed by atoms with van der Waals surface area (Å²) in [6.45, 7) is -0.548. The van der Waals surface area contributed by atoms with Crippen molar-refractivity contribution in [2.45, 2.75) is 30.7 Å². The van der Waals surface area contributed by atoms with Crippen LogP contribution in [-0.4, -0.2) is 40.7 Å². The SMILES string of the molecule is NC1=N[C@@]2(c3cc(NC(=O)c4ccc(C(F)F)cn4)ccc3F)CO[C@@H](C(F)(F)F)C[C@H]2CS1. The van der Waals surface area contributed by atoms with Gasteiger partial charge in [0.1, 0.15) is 17.1 Å². The molecule has 3 atom stereocenters. The highest BCUT2D eigenvalue weighted by molar-refractivity contribution is 8.13. The van der Waals surface area contributed by atoms with E-state index in [0.29, 0.717) is 0 Å². The van der Waals surface area contributed by atoms with Gasteiger partial charge in [-0.1, -0.05) is 11.8 Å². The number of nitrogens with one attached hydrogen (secondary N) is 1. The summed E-state index contributed by atoms with van der Waals surface area (Å²) in [7, 11) is 0. The monoisotopic (exact) mass is 504 g/mol. The standard InChI is InChI=1S/C21H18F6N4O2S/c22-14-3-2-12(30-18(32)15-4-1-10(7-29-15)17(23)24)6-13(14)20-9-33-16(21(25,26)27)5-11(20)8-34-19(28)31-20/h1-4,6-7,11,16-17H,5,8-9H2,(H2,28,31)(H,30,32)/t11-,16+,20-/m0/s1. The first-order valence-corrected chi connectivity index (χ1v) is 11.0. The predicted molar refractivity (Wildman–Crippen MR) is 113 cm³/mol. The summed E-state index contributed by atoms with van der Waals surface area (Å²) in [6, 6.07) is 5.74. The topological polar surface area (TPSA) is 89.6 Å². The third-order valence-electron chi connectivity index (χ3n) is 5.75. The normalized spacial score (nSPS) is 25.0. The van der Waals surface area contributed by atoms with Gasteiger partial charge in [-0.05, 0) is 36.8 Å². The van der Waals surface area contributed by atoms with Crippen molar-refractivity contribution in [3.63, 3.8) is 0 Å². The smallest absolute Gasteiger partial charge is 0.379 e. The Morgan fingerprint density at radius 2 is 2.03 bits per heavy atom. The number of hydrogen-bond acceptors (Lipinski definition) is 6. The number of anilines is 1.